The van der Waals surface area contributed by atoms with Gasteiger partial charge in [0.15, 0.2) is 6.29 Å². The van der Waals surface area contributed by atoms with Crippen LogP contribution in [0.5, 0.6) is 0 Å². The van der Waals surface area contributed by atoms with Crippen molar-refractivity contribution >= 4 is 6.03 Å². The van der Waals surface area contributed by atoms with Gasteiger partial charge in [0.25, 0.3) is 0 Å². The van der Waals surface area contributed by atoms with E-state index >= 15 is 0 Å². The van der Waals surface area contributed by atoms with Crippen LogP contribution in [-0.2, 0) is 4.74 Å². The summed E-state index contributed by atoms with van der Waals surface area (Å²) in [7, 11) is 0. The Morgan fingerprint density at radius 1 is 1.35 bits per heavy atom. The fourth-order valence-corrected chi connectivity index (χ4v) is 1.73. The van der Waals surface area contributed by atoms with E-state index in [1.165, 1.54) is 0 Å². The average molecular weight is 297 g/mol. The number of nitroso groups, excluding NO2 is 1. The van der Waals surface area contributed by atoms with Crippen LogP contribution < -0.4 is 5.32 Å². The van der Waals surface area contributed by atoms with E-state index in [0.29, 0.717) is 0 Å². The molecule has 1 heterocycles. The highest BCUT2D eigenvalue weighted by Gasteiger charge is 2.44. The van der Waals surface area contributed by atoms with Gasteiger partial charge in [-0.2, -0.15) is 5.01 Å². The normalized spacial score (nSPS) is 33.5. The highest BCUT2D eigenvalue weighted by Crippen LogP contribution is 2.19. The summed E-state index contributed by atoms with van der Waals surface area (Å²) in [6.45, 7) is -2.27. The topological polar surface area (TPSA) is 152 Å². The van der Waals surface area contributed by atoms with Crippen LogP contribution in [0.2, 0.25) is 0 Å². The summed E-state index contributed by atoms with van der Waals surface area (Å²) in [6.07, 6.45) is -6.17. The lowest BCUT2D eigenvalue weighted by Gasteiger charge is -2.40. The predicted molar refractivity (Wildman–Crippen MR) is 60.8 cm³/mol. The van der Waals surface area contributed by atoms with E-state index in [-0.39, 0.29) is 5.01 Å². The van der Waals surface area contributed by atoms with Crippen molar-refractivity contribution in [3.8, 4) is 0 Å². The molecule has 1 rings (SSSR count). The van der Waals surface area contributed by atoms with Crippen molar-refractivity contribution in [1.29, 1.82) is 0 Å². The summed E-state index contributed by atoms with van der Waals surface area (Å²) < 4.78 is 16.9. The highest BCUT2D eigenvalue weighted by molar-refractivity contribution is 5.74. The molecule has 5 N–H and O–H groups in total. The van der Waals surface area contributed by atoms with Crippen molar-refractivity contribution < 1.29 is 34.3 Å². The van der Waals surface area contributed by atoms with Crippen LogP contribution in [0.3, 0.4) is 0 Å². The summed E-state index contributed by atoms with van der Waals surface area (Å²) in [6, 6.07) is -2.64. The van der Waals surface area contributed by atoms with Gasteiger partial charge in [0.1, 0.15) is 31.0 Å². The zero-order valence-electron chi connectivity index (χ0n) is 10.3. The molecule has 10 nitrogen and oxygen atoms in total. The van der Waals surface area contributed by atoms with Crippen molar-refractivity contribution in [2.75, 3.05) is 19.8 Å². The van der Waals surface area contributed by atoms with E-state index in [4.69, 9.17) is 9.84 Å². The molecule has 20 heavy (non-hydrogen) atoms. The lowest BCUT2D eigenvalue weighted by atomic mass is 9.97. The number of hydrogen-bond acceptors (Lipinski definition) is 8. The Hall–Kier alpha value is -1.40. The number of amides is 2. The second-order valence-corrected chi connectivity index (χ2v) is 4.10. The van der Waals surface area contributed by atoms with Crippen LogP contribution in [0.25, 0.3) is 0 Å². The van der Waals surface area contributed by atoms with Crippen LogP contribution in [0, 0.1) is 4.91 Å². The summed E-state index contributed by atoms with van der Waals surface area (Å²) in [5.41, 5.74) is 0. The third kappa shape index (κ3) is 3.58. The molecule has 1 aliphatic rings. The van der Waals surface area contributed by atoms with Crippen LogP contribution in [0.1, 0.15) is 0 Å². The minimum atomic E-state index is -1.73. The second-order valence-electron chi connectivity index (χ2n) is 4.10. The van der Waals surface area contributed by atoms with E-state index in [1.807, 2.05) is 5.32 Å². The first-order valence-electron chi connectivity index (χ1n) is 5.74. The van der Waals surface area contributed by atoms with Crippen LogP contribution in [-0.4, -0.2) is 81.9 Å². The molecule has 1 saturated heterocycles. The summed E-state index contributed by atoms with van der Waals surface area (Å²) in [5.74, 6) is 0. The first-order chi connectivity index (χ1) is 9.46. The molecule has 0 saturated carbocycles. The predicted octanol–water partition coefficient (Wildman–Crippen LogP) is -2.55. The molecule has 0 aromatic rings. The van der Waals surface area contributed by atoms with Gasteiger partial charge in [-0.15, -0.1) is 4.91 Å². The van der Waals surface area contributed by atoms with Gasteiger partial charge >= 0.3 is 6.03 Å². The zero-order valence-corrected chi connectivity index (χ0v) is 10.3. The van der Waals surface area contributed by atoms with E-state index < -0.39 is 56.5 Å². The number of carbonyl (C=O) groups excluding carboxylic acids is 1. The first-order valence-corrected chi connectivity index (χ1v) is 5.74. The number of rotatable bonds is 5. The number of nitrogens with zero attached hydrogens (tertiary/aromatic N) is 2. The Morgan fingerprint density at radius 2 is 2.00 bits per heavy atom. The highest BCUT2D eigenvalue weighted by atomic mass is 19.1. The molecule has 1 aliphatic heterocycles. The number of hydrogen-bond donors (Lipinski definition) is 5. The van der Waals surface area contributed by atoms with E-state index in [9.17, 15) is 29.4 Å². The molecule has 11 heteroatoms. The Labute approximate surface area is 112 Å². The van der Waals surface area contributed by atoms with Crippen molar-refractivity contribution in [1.82, 2.24) is 10.3 Å². The van der Waals surface area contributed by atoms with Gasteiger partial charge < -0.3 is 30.5 Å². The third-order valence-electron chi connectivity index (χ3n) is 2.82. The molecule has 2 amide bonds. The van der Waals surface area contributed by atoms with Crippen LogP contribution >= 0.6 is 0 Å². The molecule has 1 fully saturated rings. The van der Waals surface area contributed by atoms with Crippen molar-refractivity contribution in [3.63, 3.8) is 0 Å². The zero-order chi connectivity index (χ0) is 15.3. The number of carbonyl (C=O) groups is 1. The monoisotopic (exact) mass is 297 g/mol. The van der Waals surface area contributed by atoms with Gasteiger partial charge in [0.05, 0.1) is 18.4 Å². The van der Waals surface area contributed by atoms with E-state index in [1.54, 1.807) is 0 Å². The van der Waals surface area contributed by atoms with E-state index in [2.05, 4.69) is 5.29 Å². The van der Waals surface area contributed by atoms with Crippen molar-refractivity contribution in [2.45, 2.75) is 30.6 Å². The number of aliphatic hydroxyl groups excluding tert-OH is 4. The maximum absolute atomic E-state index is 12.1. The SMILES string of the molecule is O=NN(CCF)C(=O)N[C@H]1C(O)O[C@H](CO)[C@@H](O)[C@@H]1O. The summed E-state index contributed by atoms with van der Waals surface area (Å²) >= 11 is 0. The number of halogens is 1. The van der Waals surface area contributed by atoms with Gasteiger partial charge in [0.2, 0.25) is 0 Å². The second kappa shape index (κ2) is 7.40. The van der Waals surface area contributed by atoms with E-state index in [0.717, 1.165) is 0 Å². The average Bonchev–Trinajstić information content (AvgIpc) is 2.44. The van der Waals surface area contributed by atoms with Crippen LogP contribution in [0.15, 0.2) is 5.29 Å². The smallest absolute Gasteiger partial charge is 0.340 e. The molecule has 0 aliphatic carbocycles. The lowest BCUT2D eigenvalue weighted by molar-refractivity contribution is -0.252. The number of nitrogens with one attached hydrogen (secondary N) is 1. The number of urea groups is 1. The number of aliphatic hydroxyl groups is 4. The number of ether oxygens (including phenoxy) is 1. The molecule has 5 atom stereocenters. The van der Waals surface area contributed by atoms with Gasteiger partial charge in [-0.1, -0.05) is 0 Å². The van der Waals surface area contributed by atoms with Crippen LogP contribution in [0.4, 0.5) is 9.18 Å². The largest absolute Gasteiger partial charge is 0.394 e. The standard InChI is InChI=1S/C9H16FN3O7/c10-1-2-13(12-19)9(18)11-5-7(16)6(15)4(3-14)20-8(5)17/h4-8,14-17H,1-3H2,(H,11,18)/t4-,5-,6-,7-,8?/m1/s1. The van der Waals surface area contributed by atoms with Gasteiger partial charge in [-0.3, -0.25) is 0 Å². The quantitative estimate of drug-likeness (QED) is 0.276. The maximum atomic E-state index is 12.1. The van der Waals surface area contributed by atoms with Gasteiger partial charge in [-0.05, 0) is 0 Å². The Balaban J connectivity index is 2.70. The summed E-state index contributed by atoms with van der Waals surface area (Å²) in [4.78, 5) is 21.8. The molecule has 116 valence electrons. The third-order valence-corrected chi connectivity index (χ3v) is 2.82. The molecular formula is C9H16FN3O7. The first kappa shape index (κ1) is 16.7. The minimum Gasteiger partial charge on any atom is -0.394 e. The van der Waals surface area contributed by atoms with Crippen molar-refractivity contribution in [3.05, 3.63) is 4.91 Å². The molecule has 0 bridgehead atoms. The Kier molecular flexibility index (Phi) is 6.16. The fraction of sp³-hybridized carbons (Fsp3) is 0.889. The number of alkyl halides is 1. The fourth-order valence-electron chi connectivity index (χ4n) is 1.73. The molecule has 0 aromatic carbocycles. The maximum Gasteiger partial charge on any atom is 0.340 e. The van der Waals surface area contributed by atoms with Crippen molar-refractivity contribution in [2.24, 2.45) is 5.29 Å². The Bertz CT molecular complexity index is 348. The molecule has 0 radical (unpaired) electrons. The minimum absolute atomic E-state index is 0.212. The van der Waals surface area contributed by atoms with Gasteiger partial charge in [0, 0.05) is 0 Å². The molecule has 0 aromatic heterocycles. The molecular weight excluding hydrogens is 281 g/mol. The molecule has 0 spiro atoms. The summed E-state index contributed by atoms with van der Waals surface area (Å²) in [5, 5.41) is 42.2. The Morgan fingerprint density at radius 3 is 2.50 bits per heavy atom. The van der Waals surface area contributed by atoms with Gasteiger partial charge in [-0.25, -0.2) is 9.18 Å². The molecule has 1 unspecified atom stereocenters. The lowest BCUT2D eigenvalue weighted by Crippen LogP contribution is -2.65.